The van der Waals surface area contributed by atoms with E-state index in [4.69, 9.17) is 4.74 Å². The van der Waals surface area contributed by atoms with Crippen molar-refractivity contribution < 1.29 is 9.53 Å². The van der Waals surface area contributed by atoms with E-state index in [1.165, 1.54) is 6.08 Å². The molecule has 0 radical (unpaired) electrons. The van der Waals surface area contributed by atoms with Gasteiger partial charge in [0.2, 0.25) is 5.91 Å². The lowest BCUT2D eigenvalue weighted by molar-refractivity contribution is -0.116. The standard InChI is InChI=1S/C24H24N2O2/c1-19-9-10-20(16-23(19)28-18-22-6-3-2-4-7-22)13-15-26-24(27)12-11-21-8-5-14-25-17-21/h2-12,14,16-17H,13,15,18H2,1H3,(H,26,27). The molecule has 0 aliphatic carbocycles. The number of rotatable bonds is 8. The summed E-state index contributed by atoms with van der Waals surface area (Å²) in [5, 5.41) is 2.91. The maximum Gasteiger partial charge on any atom is 0.244 e. The summed E-state index contributed by atoms with van der Waals surface area (Å²) in [6.07, 6.45) is 7.45. The number of carbonyl (C=O) groups is 1. The van der Waals surface area contributed by atoms with Crippen molar-refractivity contribution in [2.75, 3.05) is 6.54 Å². The van der Waals surface area contributed by atoms with E-state index in [2.05, 4.69) is 28.5 Å². The number of carbonyl (C=O) groups excluding carboxylic acids is 1. The maximum absolute atomic E-state index is 11.9. The van der Waals surface area contributed by atoms with Gasteiger partial charge in [-0.2, -0.15) is 0 Å². The third-order valence-corrected chi connectivity index (χ3v) is 4.31. The van der Waals surface area contributed by atoms with Crippen molar-refractivity contribution in [3.63, 3.8) is 0 Å². The first-order valence-electron chi connectivity index (χ1n) is 9.33. The molecule has 0 atom stereocenters. The fourth-order valence-corrected chi connectivity index (χ4v) is 2.73. The summed E-state index contributed by atoms with van der Waals surface area (Å²) in [5.41, 5.74) is 4.27. The Kier molecular flexibility index (Phi) is 6.96. The number of amides is 1. The number of ether oxygens (including phenoxy) is 1. The molecule has 0 saturated heterocycles. The Morgan fingerprint density at radius 3 is 2.71 bits per heavy atom. The van der Waals surface area contributed by atoms with Gasteiger partial charge in [0, 0.05) is 25.0 Å². The molecule has 0 bridgehead atoms. The smallest absolute Gasteiger partial charge is 0.244 e. The van der Waals surface area contributed by atoms with Gasteiger partial charge in [-0.3, -0.25) is 9.78 Å². The van der Waals surface area contributed by atoms with E-state index in [1.807, 2.05) is 49.4 Å². The second-order valence-corrected chi connectivity index (χ2v) is 6.53. The van der Waals surface area contributed by atoms with Gasteiger partial charge < -0.3 is 10.1 Å². The molecule has 1 N–H and O–H groups in total. The maximum atomic E-state index is 11.9. The molecule has 0 aliphatic rings. The predicted octanol–water partition coefficient (Wildman–Crippen LogP) is 4.34. The highest BCUT2D eigenvalue weighted by Gasteiger charge is 2.04. The Labute approximate surface area is 165 Å². The molecule has 3 rings (SSSR count). The first-order valence-corrected chi connectivity index (χ1v) is 9.33. The normalized spacial score (nSPS) is 10.8. The second kappa shape index (κ2) is 10.1. The molecule has 142 valence electrons. The van der Waals surface area contributed by atoms with E-state index in [-0.39, 0.29) is 5.91 Å². The minimum absolute atomic E-state index is 0.114. The molecule has 0 unspecified atom stereocenters. The van der Waals surface area contributed by atoms with Crippen molar-refractivity contribution in [3.8, 4) is 5.75 Å². The average Bonchev–Trinajstić information content (AvgIpc) is 2.74. The minimum atomic E-state index is -0.114. The summed E-state index contributed by atoms with van der Waals surface area (Å²) in [4.78, 5) is 16.0. The zero-order chi connectivity index (χ0) is 19.6. The Hall–Kier alpha value is -3.40. The number of nitrogens with one attached hydrogen (secondary N) is 1. The van der Waals surface area contributed by atoms with E-state index >= 15 is 0 Å². The molecule has 1 aromatic heterocycles. The first-order chi connectivity index (χ1) is 13.7. The monoisotopic (exact) mass is 372 g/mol. The summed E-state index contributed by atoms with van der Waals surface area (Å²) < 4.78 is 5.97. The van der Waals surface area contributed by atoms with Crippen LogP contribution in [0, 0.1) is 6.92 Å². The molecule has 28 heavy (non-hydrogen) atoms. The van der Waals surface area contributed by atoms with Crippen molar-refractivity contribution >= 4 is 12.0 Å². The third kappa shape index (κ3) is 6.09. The van der Waals surface area contributed by atoms with Gasteiger partial charge in [-0.15, -0.1) is 0 Å². The molecule has 0 aliphatic heterocycles. The predicted molar refractivity (Wildman–Crippen MR) is 112 cm³/mol. The molecule has 1 heterocycles. The van der Waals surface area contributed by atoms with Crippen molar-refractivity contribution in [1.29, 1.82) is 0 Å². The van der Waals surface area contributed by atoms with Crippen LogP contribution in [0.3, 0.4) is 0 Å². The Morgan fingerprint density at radius 1 is 1.07 bits per heavy atom. The van der Waals surface area contributed by atoms with Crippen LogP contribution in [0.1, 0.15) is 22.3 Å². The van der Waals surface area contributed by atoms with Crippen molar-refractivity contribution in [2.45, 2.75) is 20.0 Å². The number of aromatic nitrogens is 1. The lowest BCUT2D eigenvalue weighted by atomic mass is 10.1. The van der Waals surface area contributed by atoms with Crippen LogP contribution in [-0.4, -0.2) is 17.4 Å². The zero-order valence-electron chi connectivity index (χ0n) is 16.0. The van der Waals surface area contributed by atoms with Gasteiger partial charge in [-0.25, -0.2) is 0 Å². The number of aryl methyl sites for hydroxylation is 1. The van der Waals surface area contributed by atoms with Crippen LogP contribution in [0.2, 0.25) is 0 Å². The fraction of sp³-hybridized carbons (Fsp3) is 0.167. The molecule has 2 aromatic carbocycles. The van der Waals surface area contributed by atoms with Gasteiger partial charge in [0.15, 0.2) is 0 Å². The molecular weight excluding hydrogens is 348 g/mol. The van der Waals surface area contributed by atoms with Gasteiger partial charge in [0.1, 0.15) is 12.4 Å². The minimum Gasteiger partial charge on any atom is -0.489 e. The van der Waals surface area contributed by atoms with Gasteiger partial charge >= 0.3 is 0 Å². The number of benzene rings is 2. The SMILES string of the molecule is Cc1ccc(CCNC(=O)C=Cc2cccnc2)cc1OCc1ccccc1. The number of hydrogen-bond donors (Lipinski definition) is 1. The molecule has 0 saturated carbocycles. The highest BCUT2D eigenvalue weighted by atomic mass is 16.5. The Bertz CT molecular complexity index is 922. The van der Waals surface area contributed by atoms with Crippen molar-refractivity contribution in [1.82, 2.24) is 10.3 Å². The lowest BCUT2D eigenvalue weighted by Gasteiger charge is -2.11. The average molecular weight is 372 g/mol. The van der Waals surface area contributed by atoms with E-state index in [0.717, 1.165) is 34.4 Å². The number of pyridine rings is 1. The van der Waals surface area contributed by atoms with Crippen LogP contribution in [-0.2, 0) is 17.8 Å². The molecule has 4 nitrogen and oxygen atoms in total. The van der Waals surface area contributed by atoms with Gasteiger partial charge in [0.05, 0.1) is 0 Å². The zero-order valence-corrected chi connectivity index (χ0v) is 16.0. The molecule has 3 aromatic rings. The van der Waals surface area contributed by atoms with Gasteiger partial charge in [0.25, 0.3) is 0 Å². The van der Waals surface area contributed by atoms with E-state index in [9.17, 15) is 4.79 Å². The van der Waals surface area contributed by atoms with Crippen molar-refractivity contribution in [2.24, 2.45) is 0 Å². The van der Waals surface area contributed by atoms with Gasteiger partial charge in [-0.05, 0) is 53.8 Å². The molecule has 0 fully saturated rings. The highest BCUT2D eigenvalue weighted by Crippen LogP contribution is 2.21. The van der Waals surface area contributed by atoms with Gasteiger partial charge in [-0.1, -0.05) is 48.5 Å². The third-order valence-electron chi connectivity index (χ3n) is 4.31. The second-order valence-electron chi connectivity index (χ2n) is 6.53. The molecule has 0 spiro atoms. The van der Waals surface area contributed by atoms with E-state index < -0.39 is 0 Å². The Balaban J connectivity index is 1.49. The summed E-state index contributed by atoms with van der Waals surface area (Å²) in [7, 11) is 0. The summed E-state index contributed by atoms with van der Waals surface area (Å²) in [6, 6.07) is 20.0. The van der Waals surface area contributed by atoms with Crippen LogP contribution >= 0.6 is 0 Å². The fourth-order valence-electron chi connectivity index (χ4n) is 2.73. The molecule has 1 amide bonds. The molecule has 4 heteroatoms. The van der Waals surface area contributed by atoms with E-state index in [0.29, 0.717) is 13.2 Å². The van der Waals surface area contributed by atoms with Crippen LogP contribution in [0.4, 0.5) is 0 Å². The lowest BCUT2D eigenvalue weighted by Crippen LogP contribution is -2.23. The summed E-state index contributed by atoms with van der Waals surface area (Å²) in [6.45, 7) is 3.15. The van der Waals surface area contributed by atoms with Crippen LogP contribution in [0.5, 0.6) is 5.75 Å². The van der Waals surface area contributed by atoms with Crippen molar-refractivity contribution in [3.05, 3.63) is 101 Å². The quantitative estimate of drug-likeness (QED) is 0.599. The van der Waals surface area contributed by atoms with Crippen LogP contribution in [0.15, 0.2) is 79.1 Å². The topological polar surface area (TPSA) is 51.2 Å². The highest BCUT2D eigenvalue weighted by molar-refractivity contribution is 5.91. The van der Waals surface area contributed by atoms with Crippen LogP contribution in [0.25, 0.3) is 6.08 Å². The van der Waals surface area contributed by atoms with Crippen LogP contribution < -0.4 is 10.1 Å². The Morgan fingerprint density at radius 2 is 1.93 bits per heavy atom. The summed E-state index contributed by atoms with van der Waals surface area (Å²) >= 11 is 0. The largest absolute Gasteiger partial charge is 0.489 e. The number of hydrogen-bond acceptors (Lipinski definition) is 3. The number of nitrogens with zero attached hydrogens (tertiary/aromatic N) is 1. The van der Waals surface area contributed by atoms with E-state index in [1.54, 1.807) is 18.5 Å². The summed E-state index contributed by atoms with van der Waals surface area (Å²) in [5.74, 6) is 0.765. The molecular formula is C24H24N2O2. The first kappa shape index (κ1) is 19.4.